The van der Waals surface area contributed by atoms with Crippen molar-refractivity contribution < 1.29 is 14.0 Å². The van der Waals surface area contributed by atoms with Gasteiger partial charge in [-0.3, -0.25) is 24.4 Å². The van der Waals surface area contributed by atoms with Crippen LogP contribution in [0.1, 0.15) is 22.6 Å². The number of anilines is 1. The van der Waals surface area contributed by atoms with Crippen molar-refractivity contribution in [3.05, 3.63) is 95.6 Å². The lowest BCUT2D eigenvalue weighted by Gasteiger charge is -2.42. The standard InChI is InChI=1S/C27H23FN4O2S2/c1-30-16-21(18-10-12-29-13-11-18)27(24(34)32(25(35)36-27)15-17-6-4-3-5-7-17)26(30)20-14-19(28)8-9-22(20)31(2)23(26)33/h3-14,21H,15-16H2,1-2H3/t21-,26+,27+/m1/s1. The van der Waals surface area contributed by atoms with Crippen LogP contribution in [0, 0.1) is 5.82 Å². The van der Waals surface area contributed by atoms with E-state index in [1.165, 1.54) is 23.9 Å². The minimum Gasteiger partial charge on any atom is -0.313 e. The molecule has 3 aliphatic rings. The summed E-state index contributed by atoms with van der Waals surface area (Å²) < 4.78 is 13.8. The van der Waals surface area contributed by atoms with E-state index in [2.05, 4.69) is 4.98 Å². The van der Waals surface area contributed by atoms with E-state index in [0.717, 1.165) is 11.1 Å². The zero-order chi connectivity index (χ0) is 25.2. The summed E-state index contributed by atoms with van der Waals surface area (Å²) >= 11 is 7.08. The maximum absolute atomic E-state index is 14.7. The fourth-order valence-electron chi connectivity index (χ4n) is 6.17. The number of nitrogens with zero attached hydrogens (tertiary/aromatic N) is 4. The number of thiocarbonyl (C=S) groups is 1. The number of benzene rings is 2. The predicted molar refractivity (Wildman–Crippen MR) is 141 cm³/mol. The van der Waals surface area contributed by atoms with Crippen molar-refractivity contribution in [1.82, 2.24) is 14.8 Å². The van der Waals surface area contributed by atoms with Crippen molar-refractivity contribution >= 4 is 45.8 Å². The van der Waals surface area contributed by atoms with Gasteiger partial charge in [0, 0.05) is 43.2 Å². The van der Waals surface area contributed by atoms with Crippen LogP contribution in [0.15, 0.2) is 73.1 Å². The quantitative estimate of drug-likeness (QED) is 0.490. The normalized spacial score (nSPS) is 27.6. The number of amides is 2. The molecule has 6 rings (SSSR count). The van der Waals surface area contributed by atoms with Gasteiger partial charge in [0.1, 0.15) is 14.9 Å². The second-order valence-electron chi connectivity index (χ2n) is 9.43. The lowest BCUT2D eigenvalue weighted by atomic mass is 9.72. The topological polar surface area (TPSA) is 56.8 Å². The van der Waals surface area contributed by atoms with Gasteiger partial charge in [-0.25, -0.2) is 4.39 Å². The highest BCUT2D eigenvalue weighted by Gasteiger charge is 2.78. The summed E-state index contributed by atoms with van der Waals surface area (Å²) in [6.45, 7) is 0.718. The highest BCUT2D eigenvalue weighted by atomic mass is 32.2. The Balaban J connectivity index is 1.60. The first-order chi connectivity index (χ1) is 17.3. The molecule has 182 valence electrons. The van der Waals surface area contributed by atoms with Gasteiger partial charge in [0.25, 0.3) is 5.91 Å². The fourth-order valence-corrected chi connectivity index (χ4v) is 8.29. The van der Waals surface area contributed by atoms with Crippen molar-refractivity contribution in [1.29, 1.82) is 0 Å². The summed E-state index contributed by atoms with van der Waals surface area (Å²) in [7, 11) is 3.52. The molecule has 0 radical (unpaired) electrons. The maximum atomic E-state index is 14.7. The van der Waals surface area contributed by atoms with Crippen molar-refractivity contribution in [2.24, 2.45) is 0 Å². The third-order valence-electron chi connectivity index (χ3n) is 7.70. The molecule has 2 saturated heterocycles. The first kappa shape index (κ1) is 23.3. The van der Waals surface area contributed by atoms with Crippen molar-refractivity contribution in [2.45, 2.75) is 22.7 Å². The van der Waals surface area contributed by atoms with E-state index in [0.29, 0.717) is 28.7 Å². The van der Waals surface area contributed by atoms with Crippen LogP contribution in [0.3, 0.4) is 0 Å². The first-order valence-electron chi connectivity index (χ1n) is 11.6. The van der Waals surface area contributed by atoms with Gasteiger partial charge in [-0.15, -0.1) is 0 Å². The minimum atomic E-state index is -1.43. The second-order valence-corrected chi connectivity index (χ2v) is 11.3. The molecule has 3 aliphatic heterocycles. The lowest BCUT2D eigenvalue weighted by Crippen LogP contribution is -2.62. The molecule has 3 aromatic rings. The molecule has 2 aromatic carbocycles. The van der Waals surface area contributed by atoms with Gasteiger partial charge in [0.2, 0.25) is 5.91 Å². The van der Waals surface area contributed by atoms with Crippen LogP contribution in [0.2, 0.25) is 0 Å². The molecule has 0 N–H and O–H groups in total. The Kier molecular flexibility index (Phi) is 5.30. The van der Waals surface area contributed by atoms with Crippen molar-refractivity contribution in [3.63, 3.8) is 0 Å². The number of rotatable bonds is 3. The number of carbonyl (C=O) groups excluding carboxylic acids is 2. The number of pyridine rings is 1. The number of likely N-dealkylation sites (N-methyl/N-ethyl adjacent to an activating group) is 2. The van der Waals surface area contributed by atoms with Crippen LogP contribution in [0.5, 0.6) is 0 Å². The average molecular weight is 519 g/mol. The smallest absolute Gasteiger partial charge is 0.254 e. The van der Waals surface area contributed by atoms with Crippen molar-refractivity contribution in [2.75, 3.05) is 25.5 Å². The van der Waals surface area contributed by atoms with Gasteiger partial charge in [0.15, 0.2) is 5.54 Å². The molecule has 6 nitrogen and oxygen atoms in total. The molecular formula is C27H23FN4O2S2. The Hall–Kier alpha value is -3.14. The van der Waals surface area contributed by atoms with E-state index in [1.54, 1.807) is 35.3 Å². The van der Waals surface area contributed by atoms with E-state index in [1.807, 2.05) is 54.4 Å². The maximum Gasteiger partial charge on any atom is 0.254 e. The third kappa shape index (κ3) is 2.87. The molecule has 4 heterocycles. The fraction of sp³-hybridized carbons (Fsp3) is 0.259. The summed E-state index contributed by atoms with van der Waals surface area (Å²) in [5.74, 6) is -1.32. The van der Waals surface area contributed by atoms with E-state index in [-0.39, 0.29) is 17.7 Å². The van der Waals surface area contributed by atoms with E-state index < -0.39 is 16.1 Å². The highest BCUT2D eigenvalue weighted by Crippen LogP contribution is 2.66. The van der Waals surface area contributed by atoms with Gasteiger partial charge in [-0.2, -0.15) is 0 Å². The molecule has 2 amide bonds. The molecular weight excluding hydrogens is 495 g/mol. The van der Waals surface area contributed by atoms with Gasteiger partial charge >= 0.3 is 0 Å². The second kappa shape index (κ2) is 8.19. The zero-order valence-electron chi connectivity index (χ0n) is 19.7. The third-order valence-corrected chi connectivity index (χ3v) is 9.65. The number of carbonyl (C=O) groups is 2. The first-order valence-corrected chi connectivity index (χ1v) is 12.8. The molecule has 36 heavy (non-hydrogen) atoms. The van der Waals surface area contributed by atoms with Crippen LogP contribution in [0.25, 0.3) is 0 Å². The van der Waals surface area contributed by atoms with Gasteiger partial charge in [0.05, 0.1) is 6.54 Å². The van der Waals surface area contributed by atoms with Crippen LogP contribution in [0.4, 0.5) is 10.1 Å². The van der Waals surface area contributed by atoms with E-state index >= 15 is 0 Å². The number of thioether (sulfide) groups is 1. The zero-order valence-corrected chi connectivity index (χ0v) is 21.4. The van der Waals surface area contributed by atoms with Gasteiger partial charge in [-0.1, -0.05) is 54.3 Å². The molecule has 2 spiro atoms. The van der Waals surface area contributed by atoms with Crippen LogP contribution < -0.4 is 4.90 Å². The number of fused-ring (bicyclic) bond motifs is 3. The molecule has 9 heteroatoms. The average Bonchev–Trinajstić information content (AvgIpc) is 3.38. The Morgan fingerprint density at radius 2 is 1.78 bits per heavy atom. The molecule has 0 saturated carbocycles. The number of halogens is 1. The summed E-state index contributed by atoms with van der Waals surface area (Å²) in [6.07, 6.45) is 3.38. The van der Waals surface area contributed by atoms with Crippen molar-refractivity contribution in [3.8, 4) is 0 Å². The minimum absolute atomic E-state index is 0.230. The lowest BCUT2D eigenvalue weighted by molar-refractivity contribution is -0.139. The van der Waals surface area contributed by atoms with Gasteiger partial charge in [-0.05, 0) is 48.5 Å². The monoisotopic (exact) mass is 518 g/mol. The SMILES string of the molecule is CN1C(=O)[C@]2(c3cc(F)ccc31)N(C)C[C@H](c1ccncc1)[C@@]21SC(=S)N(Cc2ccccc2)C1=O. The number of hydrogen-bond acceptors (Lipinski definition) is 6. The van der Waals surface area contributed by atoms with Gasteiger partial charge < -0.3 is 4.90 Å². The summed E-state index contributed by atoms with van der Waals surface area (Å²) in [5, 5.41) is 0. The predicted octanol–water partition coefficient (Wildman–Crippen LogP) is 3.92. The highest BCUT2D eigenvalue weighted by molar-refractivity contribution is 8.25. The number of likely N-dealkylation sites (tertiary alicyclic amines) is 1. The summed E-state index contributed by atoms with van der Waals surface area (Å²) in [5.41, 5.74) is 1.50. The Morgan fingerprint density at radius 1 is 1.06 bits per heavy atom. The van der Waals surface area contributed by atoms with Crippen LogP contribution >= 0.6 is 24.0 Å². The summed E-state index contributed by atoms with van der Waals surface area (Å²) in [4.78, 5) is 38.2. The Morgan fingerprint density at radius 3 is 2.50 bits per heavy atom. The summed E-state index contributed by atoms with van der Waals surface area (Å²) in [6, 6.07) is 17.8. The molecule has 0 unspecified atom stereocenters. The van der Waals surface area contributed by atoms with Crippen LogP contribution in [-0.2, 0) is 21.7 Å². The number of hydrogen-bond donors (Lipinski definition) is 0. The largest absolute Gasteiger partial charge is 0.313 e. The van der Waals surface area contributed by atoms with E-state index in [4.69, 9.17) is 12.2 Å². The Bertz CT molecular complexity index is 1410. The van der Waals surface area contributed by atoms with E-state index in [9.17, 15) is 14.0 Å². The molecule has 0 aliphatic carbocycles. The number of aromatic nitrogens is 1. The Labute approximate surface area is 218 Å². The molecule has 0 bridgehead atoms. The molecule has 1 aromatic heterocycles. The molecule has 2 fully saturated rings. The van der Waals surface area contributed by atoms with Crippen LogP contribution in [-0.4, -0.2) is 56.3 Å². The molecule has 3 atom stereocenters.